The summed E-state index contributed by atoms with van der Waals surface area (Å²) in [7, 11) is -0.377. The average molecular weight is 489 g/mol. The first-order valence-corrected chi connectivity index (χ1v) is 21.3. The van der Waals surface area contributed by atoms with Crippen molar-refractivity contribution in [3.8, 4) is 0 Å². The lowest BCUT2D eigenvalue weighted by Crippen LogP contribution is -2.17. The summed E-state index contributed by atoms with van der Waals surface area (Å²) in [5.74, 6) is 2.48. The Morgan fingerprint density at radius 1 is 0.714 bits per heavy atom. The van der Waals surface area contributed by atoms with Crippen LogP contribution in [-0.2, 0) is 23.6 Å². The van der Waals surface area contributed by atoms with Crippen LogP contribution >= 0.6 is 27.9 Å². The first-order valence-electron chi connectivity index (χ1n) is 10.2. The maximum atomic E-state index is 5.92. The lowest BCUT2D eigenvalue weighted by molar-refractivity contribution is 1.10. The SMILES string of the molecule is CCCP(CP(C)(C)=S)c1cccc2cccc(P(CCC)CP(C)(C)=S)c12. The van der Waals surface area contributed by atoms with E-state index >= 15 is 0 Å². The fraction of sp³-hybridized carbons (Fsp3) is 0.545. The molecule has 28 heavy (non-hydrogen) atoms. The van der Waals surface area contributed by atoms with Gasteiger partial charge in [0.05, 0.1) is 0 Å². The zero-order valence-corrected chi connectivity index (χ0v) is 23.5. The number of hydrogen-bond donors (Lipinski definition) is 0. The Hall–Kier alpha value is 0.860. The van der Waals surface area contributed by atoms with Gasteiger partial charge in [0, 0.05) is 11.8 Å². The van der Waals surface area contributed by atoms with Gasteiger partial charge in [-0.3, -0.25) is 0 Å². The van der Waals surface area contributed by atoms with E-state index in [-0.39, 0.29) is 15.8 Å². The highest BCUT2D eigenvalue weighted by Gasteiger charge is 2.23. The van der Waals surface area contributed by atoms with Gasteiger partial charge >= 0.3 is 0 Å². The van der Waals surface area contributed by atoms with Gasteiger partial charge in [0.15, 0.2) is 0 Å². The predicted octanol–water partition coefficient (Wildman–Crippen LogP) is 7.27. The summed E-state index contributed by atoms with van der Waals surface area (Å²) in [4.78, 5) is 0. The van der Waals surface area contributed by atoms with Crippen LogP contribution in [0.15, 0.2) is 36.4 Å². The average Bonchev–Trinajstić information content (AvgIpc) is 2.58. The van der Waals surface area contributed by atoms with Crippen LogP contribution in [0.1, 0.15) is 26.7 Å². The molecular weight excluding hydrogens is 452 g/mol. The Morgan fingerprint density at radius 3 is 1.43 bits per heavy atom. The van der Waals surface area contributed by atoms with E-state index in [2.05, 4.69) is 76.9 Å². The zero-order chi connectivity index (χ0) is 20.9. The van der Waals surface area contributed by atoms with Gasteiger partial charge in [-0.15, -0.1) is 0 Å². The number of rotatable bonds is 10. The molecule has 0 aromatic heterocycles. The van der Waals surface area contributed by atoms with Crippen LogP contribution in [-0.4, -0.2) is 50.8 Å². The second-order valence-corrected chi connectivity index (χ2v) is 27.1. The smallest absolute Gasteiger partial charge is 0.000604 e. The second kappa shape index (κ2) is 10.9. The van der Waals surface area contributed by atoms with E-state index in [0.29, 0.717) is 0 Å². The number of benzene rings is 2. The molecule has 6 heteroatoms. The molecule has 0 heterocycles. The molecule has 0 saturated heterocycles. The Morgan fingerprint density at radius 2 is 1.11 bits per heavy atom. The van der Waals surface area contributed by atoms with Crippen LogP contribution in [0.4, 0.5) is 0 Å². The maximum absolute atomic E-state index is 5.92. The van der Waals surface area contributed by atoms with E-state index in [0.717, 1.165) is 0 Å². The monoisotopic (exact) mass is 488 g/mol. The molecule has 0 bridgehead atoms. The first-order chi connectivity index (χ1) is 13.1. The van der Waals surface area contributed by atoms with Crippen molar-refractivity contribution in [1.29, 1.82) is 0 Å². The maximum Gasteiger partial charge on any atom is 0.000604 e. The van der Waals surface area contributed by atoms with Gasteiger partial charge in [0.2, 0.25) is 0 Å². The summed E-state index contributed by atoms with van der Waals surface area (Å²) in [6, 6.07) is 11.6. The minimum Gasteiger partial charge on any atom is -0.0977 e. The molecule has 2 aromatic carbocycles. The fourth-order valence-electron chi connectivity index (χ4n) is 3.73. The normalized spacial score (nSPS) is 14.9. The lowest BCUT2D eigenvalue weighted by Gasteiger charge is -2.28. The van der Waals surface area contributed by atoms with Crippen LogP contribution in [0.5, 0.6) is 0 Å². The molecule has 0 N–H and O–H groups in total. The molecule has 0 aliphatic heterocycles. The highest BCUT2D eigenvalue weighted by molar-refractivity contribution is 8.17. The van der Waals surface area contributed by atoms with Crippen molar-refractivity contribution in [3.63, 3.8) is 0 Å². The van der Waals surface area contributed by atoms with Crippen molar-refractivity contribution in [1.82, 2.24) is 0 Å². The highest BCUT2D eigenvalue weighted by atomic mass is 32.4. The third-order valence-corrected chi connectivity index (χ3v) is 18.9. The quantitative estimate of drug-likeness (QED) is 0.323. The van der Waals surface area contributed by atoms with Gasteiger partial charge in [0.25, 0.3) is 0 Å². The number of fused-ring (bicyclic) bond motifs is 1. The molecule has 0 fully saturated rings. The summed E-state index contributed by atoms with van der Waals surface area (Å²) in [5, 5.41) is 6.22. The molecular formula is C22H36P4S2. The van der Waals surface area contributed by atoms with E-state index in [9.17, 15) is 0 Å². The topological polar surface area (TPSA) is 0 Å². The largest absolute Gasteiger partial charge is 0.0977 e. The fourth-order valence-corrected chi connectivity index (χ4v) is 18.5. The minimum atomic E-state index is -1.22. The molecule has 0 nitrogen and oxygen atoms in total. The van der Waals surface area contributed by atoms with Crippen molar-refractivity contribution in [2.24, 2.45) is 0 Å². The molecule has 0 amide bonds. The molecule has 156 valence electrons. The molecule has 0 spiro atoms. The van der Waals surface area contributed by atoms with Gasteiger partial charge in [-0.1, -0.05) is 103 Å². The van der Waals surface area contributed by atoms with Crippen LogP contribution in [0.2, 0.25) is 0 Å². The summed E-state index contributed by atoms with van der Waals surface area (Å²) < 4.78 is 0. The summed E-state index contributed by atoms with van der Waals surface area (Å²) in [6.45, 7) is 14.0. The molecule has 0 aliphatic rings. The molecule has 2 atom stereocenters. The van der Waals surface area contributed by atoms with Gasteiger partial charge in [0.1, 0.15) is 0 Å². The van der Waals surface area contributed by atoms with E-state index in [1.165, 1.54) is 42.4 Å². The molecule has 2 unspecified atom stereocenters. The Labute approximate surface area is 186 Å². The zero-order valence-electron chi connectivity index (χ0n) is 18.3. The highest BCUT2D eigenvalue weighted by Crippen LogP contribution is 2.55. The third-order valence-electron chi connectivity index (χ3n) is 4.55. The van der Waals surface area contributed by atoms with Gasteiger partial charge in [-0.05, 0) is 72.4 Å². The Balaban J connectivity index is 2.67. The third kappa shape index (κ3) is 7.52. The van der Waals surface area contributed by atoms with Crippen molar-refractivity contribution >= 4 is 72.9 Å². The van der Waals surface area contributed by atoms with E-state index in [1.807, 2.05) is 0 Å². The molecule has 2 rings (SSSR count). The summed E-state index contributed by atoms with van der Waals surface area (Å²) in [6.07, 6.45) is 5.09. The molecule has 2 aromatic rings. The standard InChI is InChI=1S/C22H36P4S2/c1-7-15-23(17-25(3,4)27)20-13-9-11-19-12-10-14-21(22(19)20)24(16-8-2)18-26(5,6)28/h9-14H,7-8,15-18H2,1-6H3. The minimum absolute atomic E-state index is 0.188. The van der Waals surface area contributed by atoms with Crippen LogP contribution in [0, 0.1) is 0 Å². The summed E-state index contributed by atoms with van der Waals surface area (Å²) >= 11 is 11.8. The van der Waals surface area contributed by atoms with Crippen molar-refractivity contribution in [2.45, 2.75) is 26.7 Å². The van der Waals surface area contributed by atoms with Crippen molar-refractivity contribution < 1.29 is 0 Å². The lowest BCUT2D eigenvalue weighted by atomic mass is 10.1. The van der Waals surface area contributed by atoms with E-state index in [1.54, 1.807) is 16.0 Å². The van der Waals surface area contributed by atoms with E-state index < -0.39 is 12.1 Å². The second-order valence-electron chi connectivity index (χ2n) is 8.61. The van der Waals surface area contributed by atoms with E-state index in [4.69, 9.17) is 23.6 Å². The predicted molar refractivity (Wildman–Crippen MR) is 149 cm³/mol. The van der Waals surface area contributed by atoms with Gasteiger partial charge in [-0.25, -0.2) is 0 Å². The number of hydrogen-bond acceptors (Lipinski definition) is 2. The Bertz CT molecular complexity index is 812. The van der Waals surface area contributed by atoms with Crippen LogP contribution in [0.25, 0.3) is 10.8 Å². The van der Waals surface area contributed by atoms with Gasteiger partial charge in [-0.2, -0.15) is 0 Å². The molecule has 0 radical (unpaired) electrons. The van der Waals surface area contributed by atoms with Crippen LogP contribution in [0.3, 0.4) is 0 Å². The van der Waals surface area contributed by atoms with Crippen molar-refractivity contribution in [3.05, 3.63) is 36.4 Å². The molecule has 0 aliphatic carbocycles. The summed E-state index contributed by atoms with van der Waals surface area (Å²) in [5.41, 5.74) is 0. The van der Waals surface area contributed by atoms with Crippen molar-refractivity contribution in [2.75, 3.05) is 50.8 Å². The Kier molecular flexibility index (Phi) is 9.82. The van der Waals surface area contributed by atoms with Crippen LogP contribution < -0.4 is 10.6 Å². The van der Waals surface area contributed by atoms with Gasteiger partial charge < -0.3 is 0 Å². The molecule has 0 saturated carbocycles. The first kappa shape index (κ1) is 25.1.